The Morgan fingerprint density at radius 1 is 1.03 bits per heavy atom. The molecule has 6 atom stereocenters. The molecule has 4 amide bonds. The van der Waals surface area contributed by atoms with Gasteiger partial charge in [0.1, 0.15) is 29.2 Å². The summed E-state index contributed by atoms with van der Waals surface area (Å²) in [5.74, 6) is -1.77. The van der Waals surface area contributed by atoms with E-state index in [2.05, 4.69) is 10.0 Å². The third-order valence-electron chi connectivity index (χ3n) is 12.3. The van der Waals surface area contributed by atoms with Gasteiger partial charge in [-0.1, -0.05) is 55.3 Å². The summed E-state index contributed by atoms with van der Waals surface area (Å²) < 4.78 is 46.1. The molecule has 14 nitrogen and oxygen atoms in total. The smallest absolute Gasteiger partial charge is 0.259 e. The molecular formula is C44H53N5O9S. The third-order valence-corrected chi connectivity index (χ3v) is 14.1. The molecule has 2 saturated heterocycles. The normalized spacial score (nSPS) is 28.3. The zero-order valence-electron chi connectivity index (χ0n) is 33.6. The number of pyridine rings is 1. The second-order valence-corrected chi connectivity index (χ2v) is 18.6. The first-order chi connectivity index (χ1) is 28.4. The second kappa shape index (κ2) is 16.9. The van der Waals surface area contributed by atoms with E-state index in [0.717, 1.165) is 24.8 Å². The molecule has 314 valence electrons. The van der Waals surface area contributed by atoms with E-state index in [-0.39, 0.29) is 43.7 Å². The highest BCUT2D eigenvalue weighted by atomic mass is 32.2. The molecule has 1 unspecified atom stereocenters. The first kappa shape index (κ1) is 40.7. The maximum Gasteiger partial charge on any atom is 0.259 e. The number of benzene rings is 2. The van der Waals surface area contributed by atoms with E-state index in [0.29, 0.717) is 73.5 Å². The topological polar surface area (TPSA) is 174 Å². The van der Waals surface area contributed by atoms with E-state index >= 15 is 0 Å². The van der Waals surface area contributed by atoms with Crippen LogP contribution in [-0.2, 0) is 33.9 Å². The Morgan fingerprint density at radius 2 is 1.85 bits per heavy atom. The van der Waals surface area contributed by atoms with Gasteiger partial charge >= 0.3 is 0 Å². The highest BCUT2D eigenvalue weighted by Gasteiger charge is 2.62. The summed E-state index contributed by atoms with van der Waals surface area (Å²) in [6.45, 7) is 3.28. The molecule has 2 aromatic carbocycles. The predicted octanol–water partition coefficient (Wildman–Crippen LogP) is 4.52. The number of ether oxygens (including phenoxy) is 3. The molecule has 2 aliphatic carbocycles. The average molecular weight is 828 g/mol. The zero-order valence-corrected chi connectivity index (χ0v) is 34.5. The molecule has 2 N–H and O–H groups in total. The van der Waals surface area contributed by atoms with Crippen LogP contribution in [0.1, 0.15) is 71.1 Å². The van der Waals surface area contributed by atoms with Gasteiger partial charge in [-0.25, -0.2) is 13.4 Å². The number of fused-ring (bicyclic) bond motifs is 3. The maximum absolute atomic E-state index is 14.9. The zero-order chi connectivity index (χ0) is 41.3. The van der Waals surface area contributed by atoms with Gasteiger partial charge in [-0.3, -0.25) is 23.9 Å². The molecule has 1 aromatic heterocycles. The van der Waals surface area contributed by atoms with Gasteiger partial charge in [-0.15, -0.1) is 0 Å². The number of nitrogens with one attached hydrogen (secondary N) is 2. The molecular weight excluding hydrogens is 775 g/mol. The van der Waals surface area contributed by atoms with E-state index in [1.165, 1.54) is 4.90 Å². The van der Waals surface area contributed by atoms with Crippen LogP contribution in [0.3, 0.4) is 0 Å². The molecule has 0 bridgehead atoms. The van der Waals surface area contributed by atoms with Gasteiger partial charge < -0.3 is 29.3 Å². The SMILES string of the molecule is COc1ccc2c(O[C@@H]3C[C@H]4C(=O)N[C@]5(C(=O)NS(=O)(=O)C6CC6)C[C@H]5/C=C\CCCCC[C@H](CC(=O)N5CCOC(C)C5)C(=O)N4C3)cc(-c3ccccc3)nc2c1. The van der Waals surface area contributed by atoms with Crippen molar-refractivity contribution in [3.63, 3.8) is 0 Å². The first-order valence-electron chi connectivity index (χ1n) is 20.9. The van der Waals surface area contributed by atoms with Crippen molar-refractivity contribution < 1.29 is 41.8 Å². The number of morpholine rings is 1. The van der Waals surface area contributed by atoms with Gasteiger partial charge in [0.25, 0.3) is 5.91 Å². The van der Waals surface area contributed by atoms with Crippen LogP contribution in [0, 0.1) is 11.8 Å². The molecule has 5 aliphatic rings. The summed E-state index contributed by atoms with van der Waals surface area (Å²) in [4.78, 5) is 65.3. The van der Waals surface area contributed by atoms with Crippen LogP contribution in [0.4, 0.5) is 0 Å². The number of hydrogen-bond donors (Lipinski definition) is 2. The number of sulfonamides is 1. The molecule has 15 heteroatoms. The lowest BCUT2D eigenvalue weighted by Crippen LogP contribution is -2.57. The minimum Gasteiger partial charge on any atom is -0.497 e. The van der Waals surface area contributed by atoms with Crippen LogP contribution in [0.2, 0.25) is 0 Å². The first-order valence-corrected chi connectivity index (χ1v) is 22.4. The van der Waals surface area contributed by atoms with Crippen molar-refractivity contribution in [3.05, 3.63) is 66.7 Å². The summed E-state index contributed by atoms with van der Waals surface area (Å²) in [7, 11) is -2.31. The lowest BCUT2D eigenvalue weighted by Gasteiger charge is -2.33. The van der Waals surface area contributed by atoms with E-state index in [4.69, 9.17) is 19.2 Å². The molecule has 2 saturated carbocycles. The fourth-order valence-corrected chi connectivity index (χ4v) is 10.1. The van der Waals surface area contributed by atoms with Crippen LogP contribution in [0.25, 0.3) is 22.2 Å². The van der Waals surface area contributed by atoms with Crippen molar-refractivity contribution in [3.8, 4) is 22.8 Å². The van der Waals surface area contributed by atoms with Crippen molar-refractivity contribution in [1.82, 2.24) is 24.8 Å². The third kappa shape index (κ3) is 8.96. The summed E-state index contributed by atoms with van der Waals surface area (Å²) >= 11 is 0. The van der Waals surface area contributed by atoms with Crippen LogP contribution in [0.5, 0.6) is 11.5 Å². The van der Waals surface area contributed by atoms with Crippen molar-refractivity contribution in [2.45, 2.75) is 100 Å². The predicted molar refractivity (Wildman–Crippen MR) is 220 cm³/mol. The number of amides is 4. The number of nitrogens with zero attached hydrogens (tertiary/aromatic N) is 3. The van der Waals surface area contributed by atoms with Gasteiger partial charge in [-0.05, 0) is 57.6 Å². The highest BCUT2D eigenvalue weighted by Crippen LogP contribution is 2.46. The maximum atomic E-state index is 14.9. The van der Waals surface area contributed by atoms with Gasteiger partial charge in [-0.2, -0.15) is 0 Å². The summed E-state index contributed by atoms with van der Waals surface area (Å²) in [6.07, 6.45) is 7.94. The number of carbonyl (C=O) groups excluding carboxylic acids is 4. The molecule has 3 aromatic rings. The lowest BCUT2D eigenvalue weighted by atomic mass is 9.94. The van der Waals surface area contributed by atoms with Gasteiger partial charge in [0, 0.05) is 60.8 Å². The van der Waals surface area contributed by atoms with Gasteiger partial charge in [0.15, 0.2) is 0 Å². The largest absolute Gasteiger partial charge is 0.497 e. The molecule has 4 heterocycles. The Bertz CT molecular complexity index is 2230. The van der Waals surface area contributed by atoms with Crippen molar-refractivity contribution in [2.24, 2.45) is 11.8 Å². The number of allylic oxidation sites excluding steroid dienone is 1. The van der Waals surface area contributed by atoms with E-state index < -0.39 is 56.6 Å². The minimum absolute atomic E-state index is 0.00742. The summed E-state index contributed by atoms with van der Waals surface area (Å²) in [5.41, 5.74) is 0.691. The number of methoxy groups -OCH3 is 1. The Labute approximate surface area is 345 Å². The molecule has 59 heavy (non-hydrogen) atoms. The number of hydrogen-bond acceptors (Lipinski definition) is 10. The van der Waals surface area contributed by atoms with Crippen LogP contribution in [0.15, 0.2) is 66.7 Å². The monoisotopic (exact) mass is 827 g/mol. The number of carbonyl (C=O) groups is 4. The van der Waals surface area contributed by atoms with Crippen molar-refractivity contribution in [1.29, 1.82) is 0 Å². The fourth-order valence-electron chi connectivity index (χ4n) is 8.70. The molecule has 0 radical (unpaired) electrons. The Kier molecular flexibility index (Phi) is 11.7. The summed E-state index contributed by atoms with van der Waals surface area (Å²) in [6, 6.07) is 16.0. The van der Waals surface area contributed by atoms with Crippen molar-refractivity contribution >= 4 is 44.6 Å². The minimum atomic E-state index is -3.89. The molecule has 4 fully saturated rings. The summed E-state index contributed by atoms with van der Waals surface area (Å²) in [5, 5.41) is 3.05. The second-order valence-electron chi connectivity index (χ2n) is 16.7. The highest BCUT2D eigenvalue weighted by molar-refractivity contribution is 7.91. The van der Waals surface area contributed by atoms with E-state index in [1.807, 2.05) is 73.7 Å². The van der Waals surface area contributed by atoms with E-state index in [9.17, 15) is 27.6 Å². The Balaban J connectivity index is 1.12. The van der Waals surface area contributed by atoms with Crippen LogP contribution < -0.4 is 19.5 Å². The van der Waals surface area contributed by atoms with Gasteiger partial charge in [0.05, 0.1) is 42.8 Å². The lowest BCUT2D eigenvalue weighted by molar-refractivity contribution is -0.147. The molecule has 0 spiro atoms. The number of rotatable bonds is 9. The van der Waals surface area contributed by atoms with Crippen LogP contribution in [-0.4, -0.2) is 109 Å². The van der Waals surface area contributed by atoms with Crippen molar-refractivity contribution in [2.75, 3.05) is 33.4 Å². The number of aromatic nitrogens is 1. The van der Waals surface area contributed by atoms with Gasteiger partial charge in [0.2, 0.25) is 27.7 Å². The molecule has 3 aliphatic heterocycles. The fraction of sp³-hybridized carbons (Fsp3) is 0.523. The van der Waals surface area contributed by atoms with Crippen LogP contribution >= 0.6 is 0 Å². The van der Waals surface area contributed by atoms with E-state index in [1.54, 1.807) is 12.0 Å². The standard InChI is InChI=1S/C44H53N5O9S/c1-28-26-48(19-20-57-28)40(50)21-30-13-7-4-3-5-10-14-31-25-44(31,43(53)47-59(54,55)34-16-17-34)46-41(51)38-23-33(27-49(38)42(30)52)58-39-24-36(29-11-8-6-9-12-29)45-37-22-32(56-2)15-18-35(37)39/h6,8-12,14-15,18,22,24,28,30-31,33-34,38H,3-5,7,13,16-17,19-21,23,25-27H2,1-2H3,(H,46,51)(H,47,53)/b14-10-/t28?,30-,31-,33-,38+,44-/m1/s1. The average Bonchev–Trinajstić information content (AvgIpc) is 4.16. The Hall–Kier alpha value is -5.02. The molecule has 8 rings (SSSR count). The quantitative estimate of drug-likeness (QED) is 0.292. The Morgan fingerprint density at radius 3 is 2.61 bits per heavy atom.